The first-order chi connectivity index (χ1) is 8.22. The molecule has 0 fully saturated rings. The van der Waals surface area contributed by atoms with E-state index in [1.54, 1.807) is 19.3 Å². The number of nitrogens with one attached hydrogen (secondary N) is 2. The van der Waals surface area contributed by atoms with Gasteiger partial charge in [-0.25, -0.2) is 0 Å². The van der Waals surface area contributed by atoms with Crippen molar-refractivity contribution in [2.45, 2.75) is 13.3 Å². The van der Waals surface area contributed by atoms with Gasteiger partial charge in [-0.3, -0.25) is 9.78 Å². The van der Waals surface area contributed by atoms with Crippen LogP contribution in [0.5, 0.6) is 0 Å². The number of thiocarbonyl (C=S) groups is 1. The molecule has 0 aliphatic heterocycles. The number of carbonyl (C=O) groups is 1. The van der Waals surface area contributed by atoms with Gasteiger partial charge in [-0.05, 0) is 31.3 Å². The predicted octanol–water partition coefficient (Wildman–Crippen LogP) is 1.32. The maximum absolute atomic E-state index is 11.0. The Labute approximate surface area is 106 Å². The molecule has 0 radical (unpaired) electrons. The van der Waals surface area contributed by atoms with Gasteiger partial charge in [-0.1, -0.05) is 0 Å². The molecule has 0 aromatic carbocycles. The number of esters is 1. The Morgan fingerprint density at radius 1 is 1.59 bits per heavy atom. The number of hydrogen-bond donors (Lipinski definition) is 2. The number of ether oxygens (including phenoxy) is 1. The highest BCUT2D eigenvalue weighted by atomic mass is 32.1. The Bertz CT molecular complexity index is 370. The number of rotatable bonds is 5. The number of anilines is 1. The fraction of sp³-hybridized carbons (Fsp3) is 0.364. The van der Waals surface area contributed by atoms with Gasteiger partial charge >= 0.3 is 5.97 Å². The van der Waals surface area contributed by atoms with E-state index >= 15 is 0 Å². The maximum atomic E-state index is 11.0. The Morgan fingerprint density at radius 2 is 2.41 bits per heavy atom. The molecule has 1 aromatic heterocycles. The van der Waals surface area contributed by atoms with E-state index in [1.807, 2.05) is 12.1 Å². The lowest BCUT2D eigenvalue weighted by atomic mass is 10.4. The van der Waals surface area contributed by atoms with E-state index in [1.165, 1.54) is 0 Å². The molecular weight excluding hydrogens is 238 g/mol. The molecule has 1 heterocycles. The van der Waals surface area contributed by atoms with Gasteiger partial charge in [-0.15, -0.1) is 0 Å². The van der Waals surface area contributed by atoms with Crippen LogP contribution in [0.1, 0.15) is 13.3 Å². The van der Waals surface area contributed by atoms with Crippen LogP contribution in [-0.4, -0.2) is 29.2 Å². The van der Waals surface area contributed by atoms with Crippen LogP contribution >= 0.6 is 12.2 Å². The molecule has 0 saturated heterocycles. The van der Waals surface area contributed by atoms with Crippen molar-refractivity contribution in [3.8, 4) is 0 Å². The second kappa shape index (κ2) is 7.56. The first-order valence-corrected chi connectivity index (χ1v) is 5.73. The molecule has 0 bridgehead atoms. The minimum absolute atomic E-state index is 0.232. The van der Waals surface area contributed by atoms with E-state index in [0.717, 1.165) is 5.69 Å². The number of nitrogens with zero attached hydrogens (tertiary/aromatic N) is 1. The summed E-state index contributed by atoms with van der Waals surface area (Å²) in [6.07, 6.45) is 3.64. The van der Waals surface area contributed by atoms with Crippen LogP contribution in [0, 0.1) is 0 Å². The third-order valence-corrected chi connectivity index (χ3v) is 2.09. The third-order valence-electron chi connectivity index (χ3n) is 1.84. The molecule has 6 heteroatoms. The molecule has 17 heavy (non-hydrogen) atoms. The van der Waals surface area contributed by atoms with Gasteiger partial charge < -0.3 is 15.4 Å². The van der Waals surface area contributed by atoms with E-state index in [9.17, 15) is 4.79 Å². The van der Waals surface area contributed by atoms with Crippen molar-refractivity contribution in [3.63, 3.8) is 0 Å². The molecule has 0 saturated carbocycles. The Hall–Kier alpha value is -1.69. The highest BCUT2D eigenvalue weighted by molar-refractivity contribution is 7.80. The monoisotopic (exact) mass is 253 g/mol. The third kappa shape index (κ3) is 5.82. The van der Waals surface area contributed by atoms with Crippen molar-refractivity contribution in [2.24, 2.45) is 0 Å². The number of aromatic nitrogens is 1. The molecule has 1 aromatic rings. The summed E-state index contributed by atoms with van der Waals surface area (Å²) in [5.74, 6) is -0.232. The van der Waals surface area contributed by atoms with Crippen LogP contribution < -0.4 is 10.6 Å². The second-order valence-corrected chi connectivity index (χ2v) is 3.59. The van der Waals surface area contributed by atoms with Gasteiger partial charge in [-0.2, -0.15) is 0 Å². The summed E-state index contributed by atoms with van der Waals surface area (Å²) >= 11 is 5.05. The summed E-state index contributed by atoms with van der Waals surface area (Å²) in [4.78, 5) is 15.0. The van der Waals surface area contributed by atoms with Crippen molar-refractivity contribution >= 4 is 29.0 Å². The van der Waals surface area contributed by atoms with Crippen LogP contribution in [0.25, 0.3) is 0 Å². The summed E-state index contributed by atoms with van der Waals surface area (Å²) in [6.45, 7) is 2.63. The van der Waals surface area contributed by atoms with Gasteiger partial charge in [0, 0.05) is 12.7 Å². The zero-order chi connectivity index (χ0) is 12.5. The van der Waals surface area contributed by atoms with E-state index in [2.05, 4.69) is 15.6 Å². The first-order valence-electron chi connectivity index (χ1n) is 5.33. The molecule has 0 amide bonds. The zero-order valence-electron chi connectivity index (χ0n) is 9.60. The molecule has 0 aliphatic rings. The normalized spacial score (nSPS) is 9.47. The van der Waals surface area contributed by atoms with Gasteiger partial charge in [0.25, 0.3) is 0 Å². The Morgan fingerprint density at radius 3 is 3.06 bits per heavy atom. The summed E-state index contributed by atoms with van der Waals surface area (Å²) in [7, 11) is 0. The molecule has 1 rings (SSSR count). The predicted molar refractivity (Wildman–Crippen MR) is 69.7 cm³/mol. The first kappa shape index (κ1) is 13.4. The SMILES string of the molecule is CCOC(=O)CCNC(=S)Nc1cccnc1. The Kier molecular flexibility index (Phi) is 5.95. The van der Waals surface area contributed by atoms with E-state index in [-0.39, 0.29) is 5.97 Å². The van der Waals surface area contributed by atoms with Crippen LogP contribution in [0.3, 0.4) is 0 Å². The molecule has 0 spiro atoms. The van der Waals surface area contributed by atoms with Crippen LogP contribution in [-0.2, 0) is 9.53 Å². The number of hydrogen-bond acceptors (Lipinski definition) is 4. The average Bonchev–Trinajstić information content (AvgIpc) is 2.30. The summed E-state index contributed by atoms with van der Waals surface area (Å²) in [5.41, 5.74) is 0.807. The van der Waals surface area contributed by atoms with Gasteiger partial charge in [0.1, 0.15) is 0 Å². The number of pyridine rings is 1. The molecule has 0 aliphatic carbocycles. The summed E-state index contributed by atoms with van der Waals surface area (Å²) in [5, 5.41) is 6.33. The highest BCUT2D eigenvalue weighted by Gasteiger charge is 2.02. The fourth-order valence-electron chi connectivity index (χ4n) is 1.12. The number of carbonyl (C=O) groups excluding carboxylic acids is 1. The molecule has 0 atom stereocenters. The topological polar surface area (TPSA) is 63.2 Å². The lowest BCUT2D eigenvalue weighted by Crippen LogP contribution is -2.30. The quantitative estimate of drug-likeness (QED) is 0.609. The van der Waals surface area contributed by atoms with E-state index in [4.69, 9.17) is 17.0 Å². The van der Waals surface area contributed by atoms with E-state index in [0.29, 0.717) is 24.7 Å². The van der Waals surface area contributed by atoms with Gasteiger partial charge in [0.2, 0.25) is 0 Å². The largest absolute Gasteiger partial charge is 0.466 e. The van der Waals surface area contributed by atoms with Crippen molar-refractivity contribution in [3.05, 3.63) is 24.5 Å². The standard InChI is InChI=1S/C11H15N3O2S/c1-2-16-10(15)5-7-13-11(17)14-9-4-3-6-12-8-9/h3-4,6,8H,2,5,7H2,1H3,(H2,13,14,17). The maximum Gasteiger partial charge on any atom is 0.307 e. The fourth-order valence-corrected chi connectivity index (χ4v) is 1.34. The van der Waals surface area contributed by atoms with Crippen LogP contribution in [0.4, 0.5) is 5.69 Å². The van der Waals surface area contributed by atoms with Crippen LogP contribution in [0.2, 0.25) is 0 Å². The van der Waals surface area contributed by atoms with Crippen molar-refractivity contribution in [1.82, 2.24) is 10.3 Å². The molecule has 5 nitrogen and oxygen atoms in total. The molecular formula is C11H15N3O2S. The Balaban J connectivity index is 2.20. The lowest BCUT2D eigenvalue weighted by Gasteiger charge is -2.09. The summed E-state index contributed by atoms with van der Waals surface area (Å²) < 4.78 is 4.79. The molecule has 92 valence electrons. The van der Waals surface area contributed by atoms with E-state index < -0.39 is 0 Å². The van der Waals surface area contributed by atoms with Crippen LogP contribution in [0.15, 0.2) is 24.5 Å². The van der Waals surface area contributed by atoms with Gasteiger partial charge in [0.15, 0.2) is 5.11 Å². The van der Waals surface area contributed by atoms with Crippen molar-refractivity contribution in [1.29, 1.82) is 0 Å². The zero-order valence-corrected chi connectivity index (χ0v) is 10.4. The average molecular weight is 253 g/mol. The lowest BCUT2D eigenvalue weighted by molar-refractivity contribution is -0.142. The molecule has 2 N–H and O–H groups in total. The minimum atomic E-state index is -0.232. The van der Waals surface area contributed by atoms with Crippen molar-refractivity contribution < 1.29 is 9.53 Å². The minimum Gasteiger partial charge on any atom is -0.466 e. The second-order valence-electron chi connectivity index (χ2n) is 3.18. The van der Waals surface area contributed by atoms with Crippen molar-refractivity contribution in [2.75, 3.05) is 18.5 Å². The summed E-state index contributed by atoms with van der Waals surface area (Å²) in [6, 6.07) is 3.66. The molecule has 0 unspecified atom stereocenters. The van der Waals surface area contributed by atoms with Gasteiger partial charge in [0.05, 0.1) is 24.9 Å². The highest BCUT2D eigenvalue weighted by Crippen LogP contribution is 2.01. The smallest absolute Gasteiger partial charge is 0.307 e.